The number of benzene rings is 3. The molecule has 0 aromatic heterocycles. The van der Waals surface area contributed by atoms with Crippen molar-refractivity contribution in [3.8, 4) is 5.75 Å². The summed E-state index contributed by atoms with van der Waals surface area (Å²) in [6.45, 7) is 0.554. The largest absolute Gasteiger partial charge is 0.573 e. The number of nitrogens with zero attached hydrogens (tertiary/aromatic N) is 1. The van der Waals surface area contributed by atoms with Crippen LogP contribution in [-0.4, -0.2) is 27.2 Å². The van der Waals surface area contributed by atoms with E-state index in [-0.39, 0.29) is 10.8 Å². The number of hydrogen-bond donors (Lipinski definition) is 1. The molecule has 0 saturated carbocycles. The molecule has 1 N–H and O–H groups in total. The van der Waals surface area contributed by atoms with Gasteiger partial charge in [0.2, 0.25) is 0 Å². The van der Waals surface area contributed by atoms with Crippen LogP contribution in [0.15, 0.2) is 77.7 Å². The quantitative estimate of drug-likeness (QED) is 0.564. The van der Waals surface area contributed by atoms with E-state index in [9.17, 15) is 26.4 Å². The lowest BCUT2D eigenvalue weighted by Gasteiger charge is -2.30. The minimum Gasteiger partial charge on any atom is -0.406 e. The predicted octanol–water partition coefficient (Wildman–Crippen LogP) is 4.98. The van der Waals surface area contributed by atoms with Crippen molar-refractivity contribution >= 4 is 27.3 Å². The molecule has 0 unspecified atom stereocenters. The minimum absolute atomic E-state index is 0.133. The third-order valence-electron chi connectivity index (χ3n) is 5.08. The molecule has 1 aliphatic heterocycles. The first-order chi connectivity index (χ1) is 15.6. The van der Waals surface area contributed by atoms with Crippen LogP contribution in [0.4, 0.5) is 24.5 Å². The minimum atomic E-state index is -4.86. The lowest BCUT2D eigenvalue weighted by atomic mass is 10.00. The van der Waals surface area contributed by atoms with Crippen molar-refractivity contribution in [1.82, 2.24) is 0 Å². The number of amides is 1. The summed E-state index contributed by atoms with van der Waals surface area (Å²) in [6.07, 6.45) is -3.47. The van der Waals surface area contributed by atoms with Crippen LogP contribution in [-0.2, 0) is 16.4 Å². The molecule has 1 heterocycles. The van der Waals surface area contributed by atoms with Crippen molar-refractivity contribution in [2.75, 3.05) is 16.2 Å². The molecular formula is C23H19F3N2O4S. The first-order valence-electron chi connectivity index (χ1n) is 10.0. The number of hydrogen-bond acceptors (Lipinski definition) is 4. The standard InChI is InChI=1S/C23H19F3N2O4S/c24-23(25,26)32-19-9-11-20(12-10-19)33(30,31)27-18-8-13-21-17(15-18)7-4-14-28(21)22(29)16-5-2-1-3-6-16/h1-3,5-6,8-13,15,27H,4,7,14H2. The first-order valence-corrected chi connectivity index (χ1v) is 11.5. The van der Waals surface area contributed by atoms with Gasteiger partial charge in [0.05, 0.1) is 4.90 Å². The summed E-state index contributed by atoms with van der Waals surface area (Å²) >= 11 is 0. The number of ether oxygens (including phenoxy) is 1. The second-order valence-corrected chi connectivity index (χ2v) is 9.08. The fourth-order valence-corrected chi connectivity index (χ4v) is 4.69. The van der Waals surface area contributed by atoms with Gasteiger partial charge in [-0.05, 0) is 73.0 Å². The van der Waals surface area contributed by atoms with Crippen LogP contribution >= 0.6 is 0 Å². The summed E-state index contributed by atoms with van der Waals surface area (Å²) in [5.41, 5.74) is 2.39. The highest BCUT2D eigenvalue weighted by Crippen LogP contribution is 2.32. The number of aryl methyl sites for hydroxylation is 1. The number of anilines is 2. The van der Waals surface area contributed by atoms with E-state index in [1.807, 2.05) is 6.07 Å². The Kier molecular flexibility index (Phi) is 6.03. The van der Waals surface area contributed by atoms with Gasteiger partial charge in [-0.15, -0.1) is 13.2 Å². The average molecular weight is 476 g/mol. The van der Waals surface area contributed by atoms with E-state index in [0.29, 0.717) is 29.9 Å². The molecule has 172 valence electrons. The summed E-state index contributed by atoms with van der Waals surface area (Å²) in [5.74, 6) is -0.649. The average Bonchev–Trinajstić information content (AvgIpc) is 2.77. The van der Waals surface area contributed by atoms with Crippen LogP contribution in [0.3, 0.4) is 0 Å². The lowest BCUT2D eigenvalue weighted by Crippen LogP contribution is -2.35. The van der Waals surface area contributed by atoms with Crippen LogP contribution in [0.5, 0.6) is 5.75 Å². The molecule has 0 atom stereocenters. The number of carbonyl (C=O) groups is 1. The third-order valence-corrected chi connectivity index (χ3v) is 6.48. The van der Waals surface area contributed by atoms with Gasteiger partial charge < -0.3 is 9.64 Å². The highest BCUT2D eigenvalue weighted by molar-refractivity contribution is 7.92. The maximum atomic E-state index is 12.9. The number of sulfonamides is 1. The third kappa shape index (κ3) is 5.28. The molecule has 3 aromatic rings. The van der Waals surface area contributed by atoms with Crippen LogP contribution in [0.1, 0.15) is 22.3 Å². The number of nitrogens with one attached hydrogen (secondary N) is 1. The fraction of sp³-hybridized carbons (Fsp3) is 0.174. The maximum Gasteiger partial charge on any atom is 0.573 e. The fourth-order valence-electron chi connectivity index (χ4n) is 3.64. The topological polar surface area (TPSA) is 75.7 Å². The Hall–Kier alpha value is -3.53. The Balaban J connectivity index is 1.53. The molecule has 4 rings (SSSR count). The number of carbonyl (C=O) groups excluding carboxylic acids is 1. The van der Waals surface area contributed by atoms with Gasteiger partial charge in [0.25, 0.3) is 15.9 Å². The number of halogens is 3. The van der Waals surface area contributed by atoms with E-state index in [2.05, 4.69) is 9.46 Å². The Morgan fingerprint density at radius 1 is 0.970 bits per heavy atom. The van der Waals surface area contributed by atoms with Crippen molar-refractivity contribution in [2.24, 2.45) is 0 Å². The molecule has 0 saturated heterocycles. The Morgan fingerprint density at radius 3 is 2.33 bits per heavy atom. The van der Waals surface area contributed by atoms with Gasteiger partial charge in [0.15, 0.2) is 0 Å². The molecule has 6 nitrogen and oxygen atoms in total. The van der Waals surface area contributed by atoms with Crippen LogP contribution < -0.4 is 14.4 Å². The van der Waals surface area contributed by atoms with Crippen LogP contribution in [0, 0.1) is 0 Å². The second kappa shape index (κ2) is 8.78. The van der Waals surface area contributed by atoms with Crippen molar-refractivity contribution in [3.05, 3.63) is 83.9 Å². The predicted molar refractivity (Wildman–Crippen MR) is 117 cm³/mol. The monoisotopic (exact) mass is 476 g/mol. The van der Waals surface area contributed by atoms with Gasteiger partial charge in [-0.2, -0.15) is 0 Å². The van der Waals surface area contributed by atoms with E-state index >= 15 is 0 Å². The molecule has 0 spiro atoms. The van der Waals surface area contributed by atoms with Crippen molar-refractivity contribution in [1.29, 1.82) is 0 Å². The SMILES string of the molecule is O=C(c1ccccc1)N1CCCc2cc(NS(=O)(=O)c3ccc(OC(F)(F)F)cc3)ccc21. The molecule has 0 radical (unpaired) electrons. The summed E-state index contributed by atoms with van der Waals surface area (Å²) in [7, 11) is -4.04. The molecule has 1 aliphatic rings. The molecule has 10 heteroatoms. The molecular weight excluding hydrogens is 457 g/mol. The van der Waals surface area contributed by atoms with E-state index in [4.69, 9.17) is 0 Å². The number of alkyl halides is 3. The highest BCUT2D eigenvalue weighted by atomic mass is 32.2. The van der Waals surface area contributed by atoms with Crippen LogP contribution in [0.2, 0.25) is 0 Å². The molecule has 0 bridgehead atoms. The van der Waals surface area contributed by atoms with E-state index < -0.39 is 22.1 Å². The van der Waals surface area contributed by atoms with Crippen LogP contribution in [0.25, 0.3) is 0 Å². The molecule has 3 aromatic carbocycles. The zero-order valence-corrected chi connectivity index (χ0v) is 18.0. The normalized spacial score (nSPS) is 13.8. The van der Waals surface area contributed by atoms with Crippen molar-refractivity contribution in [2.45, 2.75) is 24.1 Å². The Labute approximate surface area is 188 Å². The van der Waals surface area contributed by atoms with Gasteiger partial charge in [0, 0.05) is 23.5 Å². The first kappa shape index (κ1) is 22.7. The summed E-state index contributed by atoms with van der Waals surface area (Å²) in [4.78, 5) is 14.4. The molecule has 0 aliphatic carbocycles. The zero-order chi connectivity index (χ0) is 23.6. The molecule has 0 fully saturated rings. The van der Waals surface area contributed by atoms with E-state index in [0.717, 1.165) is 36.2 Å². The number of fused-ring (bicyclic) bond motifs is 1. The summed E-state index contributed by atoms with van der Waals surface area (Å²) in [5, 5.41) is 0. The second-order valence-electron chi connectivity index (χ2n) is 7.39. The van der Waals surface area contributed by atoms with Crippen molar-refractivity contribution in [3.63, 3.8) is 0 Å². The highest BCUT2D eigenvalue weighted by Gasteiger charge is 2.31. The number of rotatable bonds is 5. The van der Waals surface area contributed by atoms with Gasteiger partial charge in [-0.25, -0.2) is 8.42 Å². The van der Waals surface area contributed by atoms with E-state index in [1.54, 1.807) is 47.4 Å². The Bertz CT molecular complexity index is 1260. The zero-order valence-electron chi connectivity index (χ0n) is 17.2. The summed E-state index contributed by atoms with van der Waals surface area (Å²) in [6, 6.07) is 17.7. The summed E-state index contributed by atoms with van der Waals surface area (Å²) < 4.78 is 68.5. The lowest BCUT2D eigenvalue weighted by molar-refractivity contribution is -0.274. The maximum absolute atomic E-state index is 12.9. The smallest absolute Gasteiger partial charge is 0.406 e. The Morgan fingerprint density at radius 2 is 1.67 bits per heavy atom. The molecule has 33 heavy (non-hydrogen) atoms. The van der Waals surface area contributed by atoms with Gasteiger partial charge >= 0.3 is 6.36 Å². The van der Waals surface area contributed by atoms with Crippen molar-refractivity contribution < 1.29 is 31.1 Å². The van der Waals surface area contributed by atoms with E-state index in [1.165, 1.54) is 0 Å². The van der Waals surface area contributed by atoms with Gasteiger partial charge in [-0.1, -0.05) is 18.2 Å². The van der Waals surface area contributed by atoms with Gasteiger partial charge in [-0.3, -0.25) is 9.52 Å². The molecule has 1 amide bonds. The van der Waals surface area contributed by atoms with Gasteiger partial charge in [0.1, 0.15) is 5.75 Å².